The van der Waals surface area contributed by atoms with E-state index < -0.39 is 0 Å². The summed E-state index contributed by atoms with van der Waals surface area (Å²) in [6.07, 6.45) is 2.12. The van der Waals surface area contributed by atoms with Crippen molar-refractivity contribution in [3.05, 3.63) is 30.0 Å². The molecule has 1 aromatic rings. The highest BCUT2D eigenvalue weighted by Gasteiger charge is 2.16. The monoisotopic (exact) mass is 177 g/mol. The molecule has 0 atom stereocenters. The molecule has 0 N–H and O–H groups in total. The largest absolute Gasteiger partial charge is 0.366 e. The van der Waals surface area contributed by atoms with Crippen molar-refractivity contribution in [2.45, 2.75) is 26.9 Å². The summed E-state index contributed by atoms with van der Waals surface area (Å²) in [7, 11) is 0. The van der Waals surface area contributed by atoms with Crippen LogP contribution in [-0.2, 0) is 13.1 Å². The molecule has 0 bridgehead atoms. The zero-order chi connectivity index (χ0) is 9.42. The lowest BCUT2D eigenvalue weighted by Gasteiger charge is -2.29. The van der Waals surface area contributed by atoms with Crippen LogP contribution in [0.5, 0.6) is 0 Å². The average molecular weight is 177 g/mol. The smallest absolute Gasteiger partial charge is 0.128 e. The second-order valence-electron chi connectivity index (χ2n) is 3.65. The molecule has 0 saturated heterocycles. The molecule has 13 heavy (non-hydrogen) atoms. The van der Waals surface area contributed by atoms with Gasteiger partial charge in [0.1, 0.15) is 5.82 Å². The van der Waals surface area contributed by atoms with Gasteiger partial charge in [-0.1, -0.05) is 6.58 Å². The Labute approximate surface area is 78.7 Å². The first-order valence-electron chi connectivity index (χ1n) is 4.60. The van der Waals surface area contributed by atoms with Crippen LogP contribution in [0.4, 0.5) is 0 Å². The molecule has 70 valence electrons. The third-order valence-electron chi connectivity index (χ3n) is 2.46. The number of hydrogen-bond donors (Lipinski definition) is 0. The molecule has 0 spiro atoms. The highest BCUT2D eigenvalue weighted by Crippen LogP contribution is 2.15. The van der Waals surface area contributed by atoms with Crippen LogP contribution in [0.25, 0.3) is 0 Å². The summed E-state index contributed by atoms with van der Waals surface area (Å²) >= 11 is 0. The first-order chi connectivity index (χ1) is 6.16. The van der Waals surface area contributed by atoms with Gasteiger partial charge in [-0.25, -0.2) is 4.98 Å². The summed E-state index contributed by atoms with van der Waals surface area (Å²) in [6.45, 7) is 11.0. The fourth-order valence-corrected chi connectivity index (χ4v) is 1.72. The number of hydrogen-bond acceptors (Lipinski definition) is 2. The van der Waals surface area contributed by atoms with Gasteiger partial charge in [0.25, 0.3) is 0 Å². The molecular formula is C10H15N3. The molecule has 1 aliphatic rings. The van der Waals surface area contributed by atoms with Crippen molar-refractivity contribution in [1.29, 1.82) is 0 Å². The fraction of sp³-hybridized carbons (Fsp3) is 0.500. The van der Waals surface area contributed by atoms with Gasteiger partial charge in [-0.2, -0.15) is 0 Å². The molecule has 3 nitrogen and oxygen atoms in total. The molecule has 0 amide bonds. The number of fused-ring (bicyclic) bond motifs is 1. The zero-order valence-electron chi connectivity index (χ0n) is 8.25. The topological polar surface area (TPSA) is 21.1 Å². The lowest BCUT2D eigenvalue weighted by Crippen LogP contribution is -2.31. The molecule has 0 fully saturated rings. The summed E-state index contributed by atoms with van der Waals surface area (Å²) in [6, 6.07) is 0. The third kappa shape index (κ3) is 1.46. The minimum absolute atomic E-state index is 0.906. The molecule has 0 aromatic carbocycles. The SMILES string of the molecule is C=C(C)N1CCn2cc(C)nc2C1. The number of imidazole rings is 1. The number of allylic oxidation sites excluding steroid dienone is 1. The summed E-state index contributed by atoms with van der Waals surface area (Å²) < 4.78 is 2.23. The van der Waals surface area contributed by atoms with Gasteiger partial charge in [-0.05, 0) is 13.8 Å². The van der Waals surface area contributed by atoms with Gasteiger partial charge in [-0.15, -0.1) is 0 Å². The molecule has 1 aliphatic heterocycles. The van der Waals surface area contributed by atoms with Gasteiger partial charge >= 0.3 is 0 Å². The predicted octanol–water partition coefficient (Wildman–Crippen LogP) is 1.54. The Hall–Kier alpha value is -1.25. The summed E-state index contributed by atoms with van der Waals surface area (Å²) in [5.41, 5.74) is 2.24. The number of aryl methyl sites for hydroxylation is 1. The van der Waals surface area contributed by atoms with Gasteiger partial charge in [0.2, 0.25) is 0 Å². The Morgan fingerprint density at radius 3 is 3.00 bits per heavy atom. The highest BCUT2D eigenvalue weighted by atomic mass is 15.2. The lowest BCUT2D eigenvalue weighted by atomic mass is 10.3. The van der Waals surface area contributed by atoms with E-state index in [0.717, 1.165) is 36.8 Å². The van der Waals surface area contributed by atoms with E-state index in [-0.39, 0.29) is 0 Å². The number of rotatable bonds is 1. The van der Waals surface area contributed by atoms with Crippen LogP contribution in [0.1, 0.15) is 18.4 Å². The van der Waals surface area contributed by atoms with Gasteiger partial charge in [0.05, 0.1) is 12.2 Å². The molecule has 0 radical (unpaired) electrons. The van der Waals surface area contributed by atoms with E-state index in [2.05, 4.69) is 27.2 Å². The van der Waals surface area contributed by atoms with E-state index in [0.29, 0.717) is 0 Å². The van der Waals surface area contributed by atoms with Crippen molar-refractivity contribution >= 4 is 0 Å². The first kappa shape index (κ1) is 8.35. The molecule has 0 unspecified atom stereocenters. The molecule has 2 heterocycles. The number of aromatic nitrogens is 2. The van der Waals surface area contributed by atoms with E-state index in [1.807, 2.05) is 13.8 Å². The third-order valence-corrected chi connectivity index (χ3v) is 2.46. The van der Waals surface area contributed by atoms with Crippen LogP contribution in [0.3, 0.4) is 0 Å². The van der Waals surface area contributed by atoms with Crippen molar-refractivity contribution in [3.63, 3.8) is 0 Å². The predicted molar refractivity (Wildman–Crippen MR) is 52.2 cm³/mol. The Morgan fingerprint density at radius 1 is 1.54 bits per heavy atom. The minimum Gasteiger partial charge on any atom is -0.366 e. The standard InChI is InChI=1S/C10H15N3/c1-8(2)12-4-5-13-6-9(3)11-10(13)7-12/h6H,1,4-5,7H2,2-3H3. The van der Waals surface area contributed by atoms with Gasteiger partial charge in [-0.3, -0.25) is 0 Å². The van der Waals surface area contributed by atoms with Crippen molar-refractivity contribution < 1.29 is 0 Å². The van der Waals surface area contributed by atoms with Crippen LogP contribution in [-0.4, -0.2) is 21.0 Å². The Balaban J connectivity index is 2.24. The molecule has 0 saturated carbocycles. The van der Waals surface area contributed by atoms with Crippen molar-refractivity contribution in [2.75, 3.05) is 6.54 Å². The van der Waals surface area contributed by atoms with Crippen LogP contribution in [0.15, 0.2) is 18.5 Å². The lowest BCUT2D eigenvalue weighted by molar-refractivity contribution is 0.275. The maximum atomic E-state index is 4.46. The fourth-order valence-electron chi connectivity index (χ4n) is 1.72. The first-order valence-corrected chi connectivity index (χ1v) is 4.60. The van der Waals surface area contributed by atoms with Crippen LogP contribution < -0.4 is 0 Å². The van der Waals surface area contributed by atoms with Crippen LogP contribution >= 0.6 is 0 Å². The quantitative estimate of drug-likeness (QED) is 0.649. The maximum absolute atomic E-state index is 4.46. The molecule has 1 aromatic heterocycles. The molecular weight excluding hydrogens is 162 g/mol. The molecule has 0 aliphatic carbocycles. The van der Waals surface area contributed by atoms with E-state index in [1.54, 1.807) is 0 Å². The van der Waals surface area contributed by atoms with E-state index in [9.17, 15) is 0 Å². The normalized spacial score (nSPS) is 15.7. The maximum Gasteiger partial charge on any atom is 0.128 e. The molecule has 3 heteroatoms. The zero-order valence-corrected chi connectivity index (χ0v) is 8.25. The second-order valence-corrected chi connectivity index (χ2v) is 3.65. The van der Waals surface area contributed by atoms with Crippen molar-refractivity contribution in [2.24, 2.45) is 0 Å². The van der Waals surface area contributed by atoms with Crippen LogP contribution in [0, 0.1) is 6.92 Å². The van der Waals surface area contributed by atoms with E-state index >= 15 is 0 Å². The number of nitrogens with zero attached hydrogens (tertiary/aromatic N) is 3. The second kappa shape index (κ2) is 2.91. The Kier molecular flexibility index (Phi) is 1.87. The van der Waals surface area contributed by atoms with Crippen molar-refractivity contribution in [3.8, 4) is 0 Å². The van der Waals surface area contributed by atoms with Gasteiger partial charge in [0, 0.05) is 25.0 Å². The van der Waals surface area contributed by atoms with E-state index in [1.165, 1.54) is 0 Å². The Morgan fingerprint density at radius 2 is 2.31 bits per heavy atom. The van der Waals surface area contributed by atoms with Gasteiger partial charge in [0.15, 0.2) is 0 Å². The average Bonchev–Trinajstić information content (AvgIpc) is 2.42. The Bertz CT molecular complexity index is 338. The molecule has 2 rings (SSSR count). The van der Waals surface area contributed by atoms with Crippen LogP contribution in [0.2, 0.25) is 0 Å². The highest BCUT2D eigenvalue weighted by molar-refractivity contribution is 5.06. The van der Waals surface area contributed by atoms with E-state index in [4.69, 9.17) is 0 Å². The van der Waals surface area contributed by atoms with Gasteiger partial charge < -0.3 is 9.47 Å². The summed E-state index contributed by atoms with van der Waals surface area (Å²) in [5.74, 6) is 1.16. The minimum atomic E-state index is 0.906. The summed E-state index contributed by atoms with van der Waals surface area (Å²) in [5, 5.41) is 0. The van der Waals surface area contributed by atoms with Crippen molar-refractivity contribution in [1.82, 2.24) is 14.5 Å². The summed E-state index contributed by atoms with van der Waals surface area (Å²) in [4.78, 5) is 6.73.